The molecule has 1 aromatic rings. The summed E-state index contributed by atoms with van der Waals surface area (Å²) >= 11 is 0. The lowest BCUT2D eigenvalue weighted by Gasteiger charge is -2.13. The maximum atomic E-state index is 11.9. The van der Waals surface area contributed by atoms with Gasteiger partial charge in [-0.3, -0.25) is 4.79 Å². The molecule has 0 bridgehead atoms. The van der Waals surface area contributed by atoms with Crippen LogP contribution in [0.2, 0.25) is 0 Å². The quantitative estimate of drug-likeness (QED) is 0.790. The number of esters is 1. The minimum Gasteiger partial charge on any atom is -0.467 e. The first-order valence-electron chi connectivity index (χ1n) is 6.35. The third kappa shape index (κ3) is 3.71. The van der Waals surface area contributed by atoms with Crippen molar-refractivity contribution in [3.63, 3.8) is 0 Å². The predicted octanol–water partition coefficient (Wildman–Crippen LogP) is 1.55. The Hall–Kier alpha value is -2.04. The van der Waals surface area contributed by atoms with Crippen molar-refractivity contribution in [2.24, 2.45) is 0 Å². The van der Waals surface area contributed by atoms with Crippen LogP contribution in [-0.4, -0.2) is 31.1 Å². The van der Waals surface area contributed by atoms with Crippen molar-refractivity contribution in [3.05, 3.63) is 29.8 Å². The van der Waals surface area contributed by atoms with Crippen LogP contribution < -0.4 is 10.6 Å². The molecule has 1 fully saturated rings. The molecule has 0 heterocycles. The van der Waals surface area contributed by atoms with Gasteiger partial charge in [0.2, 0.25) is 0 Å². The second kappa shape index (κ2) is 5.73. The minimum atomic E-state index is -0.452. The molecule has 0 aliphatic heterocycles. The Kier molecular flexibility index (Phi) is 4.04. The Balaban J connectivity index is 2.01. The first-order chi connectivity index (χ1) is 9.10. The highest BCUT2D eigenvalue weighted by molar-refractivity contribution is 5.95. The molecular weight excluding hydrogens is 244 g/mol. The van der Waals surface area contributed by atoms with E-state index in [1.807, 2.05) is 6.07 Å². The Labute approximate surface area is 112 Å². The molecule has 0 saturated heterocycles. The molecule has 102 valence electrons. The highest BCUT2D eigenvalue weighted by atomic mass is 16.5. The molecule has 1 saturated carbocycles. The van der Waals surface area contributed by atoms with Crippen molar-refractivity contribution >= 4 is 17.6 Å². The number of anilines is 1. The van der Waals surface area contributed by atoms with E-state index in [1.54, 1.807) is 25.1 Å². The first kappa shape index (κ1) is 13.4. The second-order valence-electron chi connectivity index (χ2n) is 4.72. The van der Waals surface area contributed by atoms with Gasteiger partial charge in [0.15, 0.2) is 0 Å². The summed E-state index contributed by atoms with van der Waals surface area (Å²) in [7, 11) is 1.35. The van der Waals surface area contributed by atoms with Gasteiger partial charge in [0.05, 0.1) is 7.11 Å². The number of rotatable bonds is 5. The number of hydrogen-bond donors (Lipinski definition) is 2. The molecule has 5 heteroatoms. The third-order valence-electron chi connectivity index (χ3n) is 2.98. The lowest BCUT2D eigenvalue weighted by molar-refractivity contribution is -0.141. The Morgan fingerprint density at radius 1 is 1.37 bits per heavy atom. The largest absolute Gasteiger partial charge is 0.467 e. The SMILES string of the molecule is COC(=O)C(C)Nc1cccc(C(=O)NC2CC2)c1. The van der Waals surface area contributed by atoms with Gasteiger partial charge in [0.25, 0.3) is 5.91 Å². The summed E-state index contributed by atoms with van der Waals surface area (Å²) in [5.74, 6) is -0.412. The van der Waals surface area contributed by atoms with Crippen molar-refractivity contribution in [1.82, 2.24) is 5.32 Å². The van der Waals surface area contributed by atoms with Gasteiger partial charge in [0.1, 0.15) is 6.04 Å². The number of amides is 1. The average Bonchev–Trinajstić information content (AvgIpc) is 3.22. The topological polar surface area (TPSA) is 67.4 Å². The van der Waals surface area contributed by atoms with Crippen LogP contribution in [0, 0.1) is 0 Å². The van der Waals surface area contributed by atoms with Gasteiger partial charge < -0.3 is 15.4 Å². The van der Waals surface area contributed by atoms with Gasteiger partial charge in [-0.1, -0.05) is 6.07 Å². The van der Waals surface area contributed by atoms with Crippen molar-refractivity contribution < 1.29 is 14.3 Å². The van der Waals surface area contributed by atoms with Crippen LogP contribution in [0.4, 0.5) is 5.69 Å². The fraction of sp³-hybridized carbons (Fsp3) is 0.429. The molecule has 1 amide bonds. The molecule has 2 rings (SSSR count). The van der Waals surface area contributed by atoms with Crippen LogP contribution in [-0.2, 0) is 9.53 Å². The van der Waals surface area contributed by atoms with Crippen molar-refractivity contribution in [2.45, 2.75) is 31.8 Å². The monoisotopic (exact) mass is 262 g/mol. The van der Waals surface area contributed by atoms with Crippen molar-refractivity contribution in [3.8, 4) is 0 Å². The fourth-order valence-corrected chi connectivity index (χ4v) is 1.73. The van der Waals surface area contributed by atoms with Gasteiger partial charge in [-0.2, -0.15) is 0 Å². The fourth-order valence-electron chi connectivity index (χ4n) is 1.73. The standard InChI is InChI=1S/C14H18N2O3/c1-9(14(18)19-2)15-12-5-3-4-10(8-12)13(17)16-11-6-7-11/h3-5,8-9,11,15H,6-7H2,1-2H3,(H,16,17). The van der Waals surface area contributed by atoms with Crippen LogP contribution in [0.15, 0.2) is 24.3 Å². The van der Waals surface area contributed by atoms with E-state index in [9.17, 15) is 9.59 Å². The molecule has 1 atom stereocenters. The molecule has 1 aromatic carbocycles. The third-order valence-corrected chi connectivity index (χ3v) is 2.98. The summed E-state index contributed by atoms with van der Waals surface area (Å²) in [5.41, 5.74) is 1.32. The lowest BCUT2D eigenvalue weighted by Crippen LogP contribution is -2.28. The number of hydrogen-bond acceptors (Lipinski definition) is 4. The maximum Gasteiger partial charge on any atom is 0.327 e. The molecule has 1 unspecified atom stereocenters. The van der Waals surface area contributed by atoms with Gasteiger partial charge in [-0.05, 0) is 38.0 Å². The number of carbonyl (C=O) groups is 2. The molecule has 19 heavy (non-hydrogen) atoms. The summed E-state index contributed by atoms with van der Waals surface area (Å²) < 4.78 is 4.64. The highest BCUT2D eigenvalue weighted by Gasteiger charge is 2.23. The van der Waals surface area contributed by atoms with E-state index in [1.165, 1.54) is 7.11 Å². The summed E-state index contributed by atoms with van der Waals surface area (Å²) in [4.78, 5) is 23.2. The predicted molar refractivity (Wildman–Crippen MR) is 72.0 cm³/mol. The Bertz CT molecular complexity index is 483. The number of benzene rings is 1. The normalized spacial score (nSPS) is 15.5. The molecule has 0 aromatic heterocycles. The van der Waals surface area contributed by atoms with E-state index >= 15 is 0 Å². The summed E-state index contributed by atoms with van der Waals surface area (Å²) in [5, 5.41) is 5.93. The number of ether oxygens (including phenoxy) is 1. The molecular formula is C14H18N2O3. The molecule has 1 aliphatic carbocycles. The molecule has 1 aliphatic rings. The van der Waals surface area contributed by atoms with E-state index in [0.717, 1.165) is 18.5 Å². The van der Waals surface area contributed by atoms with Crippen LogP contribution in [0.3, 0.4) is 0 Å². The van der Waals surface area contributed by atoms with Gasteiger partial charge in [-0.25, -0.2) is 4.79 Å². The summed E-state index contributed by atoms with van der Waals surface area (Å²) in [6.07, 6.45) is 2.12. The minimum absolute atomic E-state index is 0.0723. The zero-order chi connectivity index (χ0) is 13.8. The molecule has 0 radical (unpaired) electrons. The van der Waals surface area contributed by atoms with Gasteiger partial charge >= 0.3 is 5.97 Å². The van der Waals surface area contributed by atoms with E-state index in [4.69, 9.17) is 0 Å². The van der Waals surface area contributed by atoms with E-state index in [-0.39, 0.29) is 11.9 Å². The number of carbonyl (C=O) groups excluding carboxylic acids is 2. The number of methoxy groups -OCH3 is 1. The zero-order valence-corrected chi connectivity index (χ0v) is 11.1. The molecule has 5 nitrogen and oxygen atoms in total. The molecule has 2 N–H and O–H groups in total. The first-order valence-corrected chi connectivity index (χ1v) is 6.35. The van der Waals surface area contributed by atoms with Gasteiger partial charge in [0, 0.05) is 17.3 Å². The molecule has 0 spiro atoms. The van der Waals surface area contributed by atoms with Crippen LogP contribution in [0.5, 0.6) is 0 Å². The summed E-state index contributed by atoms with van der Waals surface area (Å²) in [6.45, 7) is 1.71. The zero-order valence-electron chi connectivity index (χ0n) is 11.1. The van der Waals surface area contributed by atoms with Crippen molar-refractivity contribution in [2.75, 3.05) is 12.4 Å². The van der Waals surface area contributed by atoms with Crippen molar-refractivity contribution in [1.29, 1.82) is 0 Å². The Morgan fingerprint density at radius 2 is 2.11 bits per heavy atom. The van der Waals surface area contributed by atoms with E-state index < -0.39 is 6.04 Å². The smallest absolute Gasteiger partial charge is 0.327 e. The van der Waals surface area contributed by atoms with Crippen LogP contribution in [0.1, 0.15) is 30.1 Å². The summed E-state index contributed by atoms with van der Waals surface area (Å²) in [6, 6.07) is 6.97. The Morgan fingerprint density at radius 3 is 2.74 bits per heavy atom. The number of nitrogens with one attached hydrogen (secondary N) is 2. The lowest BCUT2D eigenvalue weighted by atomic mass is 10.1. The second-order valence-corrected chi connectivity index (χ2v) is 4.72. The highest BCUT2D eigenvalue weighted by Crippen LogP contribution is 2.20. The van der Waals surface area contributed by atoms with Gasteiger partial charge in [-0.15, -0.1) is 0 Å². The van der Waals surface area contributed by atoms with E-state index in [0.29, 0.717) is 11.6 Å². The maximum absolute atomic E-state index is 11.9. The van der Waals surface area contributed by atoms with Crippen LogP contribution >= 0.6 is 0 Å². The van der Waals surface area contributed by atoms with Crippen LogP contribution in [0.25, 0.3) is 0 Å². The average molecular weight is 262 g/mol. The van der Waals surface area contributed by atoms with E-state index in [2.05, 4.69) is 15.4 Å².